The first-order valence-electron chi connectivity index (χ1n) is 8.35. The number of rotatable bonds is 5. The van der Waals surface area contributed by atoms with Crippen molar-refractivity contribution in [2.24, 2.45) is 0 Å². The second-order valence-corrected chi connectivity index (χ2v) is 6.21. The van der Waals surface area contributed by atoms with Gasteiger partial charge in [-0.3, -0.25) is 0 Å². The zero-order valence-corrected chi connectivity index (χ0v) is 15.5. The fraction of sp³-hybridized carbons (Fsp3) is 0.263. The highest BCUT2D eigenvalue weighted by Gasteiger charge is 2.18. The van der Waals surface area contributed by atoms with Crippen molar-refractivity contribution in [3.8, 4) is 22.9 Å². The van der Waals surface area contributed by atoms with Crippen molar-refractivity contribution in [3.63, 3.8) is 0 Å². The highest BCUT2D eigenvalue weighted by atomic mass is 16.7. The van der Waals surface area contributed by atoms with Crippen molar-refractivity contribution in [1.82, 2.24) is 15.0 Å². The smallest absolute Gasteiger partial charge is 0.481 e. The number of benzene rings is 1. The van der Waals surface area contributed by atoms with Crippen molar-refractivity contribution >= 4 is 23.0 Å². The molecule has 0 atom stereocenters. The Morgan fingerprint density at radius 3 is 2.52 bits per heavy atom. The van der Waals surface area contributed by atoms with Gasteiger partial charge < -0.3 is 19.5 Å². The van der Waals surface area contributed by atoms with E-state index in [9.17, 15) is 4.79 Å². The van der Waals surface area contributed by atoms with E-state index in [1.807, 2.05) is 31.9 Å². The Kier molecular flexibility index (Phi) is 5.07. The summed E-state index contributed by atoms with van der Waals surface area (Å²) in [4.78, 5) is 26.5. The molecule has 8 nitrogen and oxygen atoms in total. The molecular weight excluding hydrogens is 348 g/mol. The topological polar surface area (TPSA) is 97.7 Å². The third-order valence-electron chi connectivity index (χ3n) is 4.15. The summed E-state index contributed by atoms with van der Waals surface area (Å²) in [6.07, 6.45) is 0.316. The first kappa shape index (κ1) is 18.4. The predicted octanol–water partition coefficient (Wildman–Crippen LogP) is 3.60. The molecule has 0 spiro atoms. The Labute approximate surface area is 156 Å². The van der Waals surface area contributed by atoms with Crippen LogP contribution in [0.1, 0.15) is 13.8 Å². The van der Waals surface area contributed by atoms with Gasteiger partial charge in [0.05, 0.1) is 18.1 Å². The van der Waals surface area contributed by atoms with Gasteiger partial charge in [-0.1, -0.05) is 0 Å². The van der Waals surface area contributed by atoms with E-state index in [-0.39, 0.29) is 11.8 Å². The molecule has 2 aromatic heterocycles. The average Bonchev–Trinajstić information content (AvgIpc) is 2.66. The van der Waals surface area contributed by atoms with Crippen molar-refractivity contribution < 1.29 is 19.4 Å². The molecule has 0 aliphatic rings. The number of anilines is 1. The van der Waals surface area contributed by atoms with Crippen LogP contribution in [0.3, 0.4) is 0 Å². The van der Waals surface area contributed by atoms with E-state index in [1.54, 1.807) is 37.6 Å². The minimum absolute atomic E-state index is 0.181. The first-order valence-corrected chi connectivity index (χ1v) is 8.35. The highest BCUT2D eigenvalue weighted by Crippen LogP contribution is 2.31. The molecule has 27 heavy (non-hydrogen) atoms. The second kappa shape index (κ2) is 7.45. The maximum atomic E-state index is 10.8. The summed E-state index contributed by atoms with van der Waals surface area (Å²) < 4.78 is 9.84. The van der Waals surface area contributed by atoms with Gasteiger partial charge in [0.25, 0.3) is 0 Å². The molecule has 3 rings (SSSR count). The van der Waals surface area contributed by atoms with Gasteiger partial charge in [-0.15, -0.1) is 0 Å². The molecule has 3 aromatic rings. The van der Waals surface area contributed by atoms with Crippen LogP contribution in [0.2, 0.25) is 0 Å². The summed E-state index contributed by atoms with van der Waals surface area (Å²) in [6, 6.07) is 8.61. The van der Waals surface area contributed by atoms with E-state index in [0.717, 1.165) is 5.56 Å². The van der Waals surface area contributed by atoms with Crippen LogP contribution in [0, 0.1) is 0 Å². The molecule has 0 saturated heterocycles. The van der Waals surface area contributed by atoms with Crippen molar-refractivity contribution in [2.75, 3.05) is 19.1 Å². The molecule has 0 aliphatic carbocycles. The molecular formula is C19H20N4O4. The zero-order chi connectivity index (χ0) is 19.6. The van der Waals surface area contributed by atoms with E-state index in [0.29, 0.717) is 28.4 Å². The Morgan fingerprint density at radius 2 is 1.93 bits per heavy atom. The molecule has 0 fully saturated rings. The quantitative estimate of drug-likeness (QED) is 0.539. The number of hydrogen-bond acceptors (Lipinski definition) is 7. The van der Waals surface area contributed by atoms with Crippen molar-refractivity contribution in [1.29, 1.82) is 0 Å². The Hall–Kier alpha value is -3.42. The third-order valence-corrected chi connectivity index (χ3v) is 4.15. The maximum Gasteiger partial charge on any atom is 0.511 e. The lowest BCUT2D eigenvalue weighted by Gasteiger charge is -2.25. The number of fused-ring (bicyclic) bond motifs is 1. The van der Waals surface area contributed by atoms with Gasteiger partial charge in [0.15, 0.2) is 5.82 Å². The fourth-order valence-electron chi connectivity index (χ4n) is 2.51. The monoisotopic (exact) mass is 368 g/mol. The molecule has 140 valence electrons. The second-order valence-electron chi connectivity index (χ2n) is 6.21. The summed E-state index contributed by atoms with van der Waals surface area (Å²) in [5, 5.41) is 8.81. The lowest BCUT2D eigenvalue weighted by Crippen LogP contribution is -2.27. The van der Waals surface area contributed by atoms with Gasteiger partial charge in [-0.25, -0.2) is 19.7 Å². The van der Waals surface area contributed by atoms with Crippen LogP contribution in [0.4, 0.5) is 10.6 Å². The van der Waals surface area contributed by atoms with E-state index in [4.69, 9.17) is 24.5 Å². The standard InChI is InChI=1S/C19H20N4O4/c1-11(2)23(3)18-17(12-5-8-16(26-4)20-10-12)21-14-7-6-13(27-19(24)25)9-15(14)22-18/h5-11H,1-4H3,(H,24,25). The minimum Gasteiger partial charge on any atom is -0.481 e. The van der Waals surface area contributed by atoms with Gasteiger partial charge >= 0.3 is 6.16 Å². The number of aromatic nitrogens is 3. The molecule has 0 unspecified atom stereocenters. The normalized spacial score (nSPS) is 10.9. The van der Waals surface area contributed by atoms with Gasteiger partial charge in [0.2, 0.25) is 5.88 Å². The van der Waals surface area contributed by atoms with Crippen LogP contribution < -0.4 is 14.4 Å². The summed E-state index contributed by atoms with van der Waals surface area (Å²) in [5.41, 5.74) is 2.65. The molecule has 0 amide bonds. The highest BCUT2D eigenvalue weighted by molar-refractivity contribution is 5.84. The summed E-state index contributed by atoms with van der Waals surface area (Å²) in [5.74, 6) is 1.37. The molecule has 0 radical (unpaired) electrons. The fourth-order valence-corrected chi connectivity index (χ4v) is 2.51. The Bertz CT molecular complexity index is 973. The summed E-state index contributed by atoms with van der Waals surface area (Å²) in [7, 11) is 3.49. The van der Waals surface area contributed by atoms with Gasteiger partial charge in [-0.2, -0.15) is 0 Å². The molecule has 0 aliphatic heterocycles. The van der Waals surface area contributed by atoms with E-state index in [2.05, 4.69) is 4.98 Å². The molecule has 8 heteroatoms. The Morgan fingerprint density at radius 1 is 1.15 bits per heavy atom. The van der Waals surface area contributed by atoms with Crippen LogP contribution in [-0.4, -0.2) is 46.4 Å². The molecule has 2 heterocycles. The lowest BCUT2D eigenvalue weighted by molar-refractivity contribution is 0.144. The number of methoxy groups -OCH3 is 1. The van der Waals surface area contributed by atoms with E-state index >= 15 is 0 Å². The molecule has 0 saturated carbocycles. The van der Waals surface area contributed by atoms with Crippen molar-refractivity contribution in [2.45, 2.75) is 19.9 Å². The lowest BCUT2D eigenvalue weighted by atomic mass is 10.1. The van der Waals surface area contributed by atoms with Crippen LogP contribution in [0.25, 0.3) is 22.3 Å². The van der Waals surface area contributed by atoms with E-state index < -0.39 is 6.16 Å². The maximum absolute atomic E-state index is 10.8. The van der Waals surface area contributed by atoms with Crippen LogP contribution in [-0.2, 0) is 0 Å². The number of pyridine rings is 1. The van der Waals surface area contributed by atoms with Gasteiger partial charge in [0.1, 0.15) is 11.4 Å². The first-order chi connectivity index (χ1) is 12.9. The summed E-state index contributed by atoms with van der Waals surface area (Å²) >= 11 is 0. The SMILES string of the molecule is COc1ccc(-c2nc3ccc(OC(=O)O)cc3nc2N(C)C(C)C)cn1. The van der Waals surface area contributed by atoms with Gasteiger partial charge in [0, 0.05) is 37.0 Å². The van der Waals surface area contributed by atoms with Crippen LogP contribution >= 0.6 is 0 Å². The minimum atomic E-state index is -1.37. The Balaban J connectivity index is 2.17. The molecule has 1 N–H and O–H groups in total. The summed E-state index contributed by atoms with van der Waals surface area (Å²) in [6.45, 7) is 4.10. The predicted molar refractivity (Wildman–Crippen MR) is 102 cm³/mol. The molecule has 1 aromatic carbocycles. The number of nitrogens with zero attached hydrogens (tertiary/aromatic N) is 4. The van der Waals surface area contributed by atoms with Crippen LogP contribution in [0.5, 0.6) is 11.6 Å². The van der Waals surface area contributed by atoms with E-state index in [1.165, 1.54) is 0 Å². The average molecular weight is 368 g/mol. The van der Waals surface area contributed by atoms with Crippen LogP contribution in [0.15, 0.2) is 36.5 Å². The largest absolute Gasteiger partial charge is 0.511 e. The third kappa shape index (κ3) is 3.89. The number of carbonyl (C=O) groups is 1. The van der Waals surface area contributed by atoms with Crippen molar-refractivity contribution in [3.05, 3.63) is 36.5 Å². The number of hydrogen-bond donors (Lipinski definition) is 1. The molecule has 0 bridgehead atoms. The van der Waals surface area contributed by atoms with Gasteiger partial charge in [-0.05, 0) is 32.0 Å². The zero-order valence-electron chi connectivity index (χ0n) is 15.5. The number of ether oxygens (including phenoxy) is 2. The number of carboxylic acid groups (broad SMARTS) is 1.